The molecule has 0 spiro atoms. The molecule has 1 saturated heterocycles. The highest BCUT2D eigenvalue weighted by Crippen LogP contribution is 2.14. The first-order valence-electron chi connectivity index (χ1n) is 7.98. The number of hydrazine groups is 1. The van der Waals surface area contributed by atoms with Crippen molar-refractivity contribution in [3.05, 3.63) is 0 Å². The van der Waals surface area contributed by atoms with Crippen molar-refractivity contribution >= 4 is 23.6 Å². The lowest BCUT2D eigenvalue weighted by atomic mass is 10.1. The number of hydrogen-bond donors (Lipinski definition) is 1. The van der Waals surface area contributed by atoms with E-state index < -0.39 is 6.04 Å². The molecule has 0 aromatic rings. The van der Waals surface area contributed by atoms with Crippen LogP contribution in [0.25, 0.3) is 0 Å². The van der Waals surface area contributed by atoms with Gasteiger partial charge in [0.25, 0.3) is 0 Å². The van der Waals surface area contributed by atoms with Crippen molar-refractivity contribution in [1.82, 2.24) is 5.01 Å². The van der Waals surface area contributed by atoms with Gasteiger partial charge in [0.05, 0.1) is 12.4 Å². The predicted octanol–water partition coefficient (Wildman–Crippen LogP) is 2.49. The molecule has 0 aliphatic carbocycles. The maximum absolute atomic E-state index is 11.9. The second kappa shape index (κ2) is 10.9. The Balaban J connectivity index is 1.99. The molecular weight excluding hydrogens is 288 g/mol. The Kier molecular flexibility index (Phi) is 9.50. The molecule has 1 heterocycles. The van der Waals surface area contributed by atoms with Gasteiger partial charge in [0.1, 0.15) is 6.04 Å². The van der Waals surface area contributed by atoms with Gasteiger partial charge in [0.2, 0.25) is 5.91 Å². The quantitative estimate of drug-likeness (QED) is 0.208. The third-order valence-electron chi connectivity index (χ3n) is 3.65. The Morgan fingerprint density at radius 3 is 2.57 bits per heavy atom. The maximum Gasteiger partial charge on any atom is 0.330 e. The molecule has 2 N–H and O–H groups in total. The molecule has 0 radical (unpaired) electrons. The number of thioether (sulfide) groups is 1. The van der Waals surface area contributed by atoms with E-state index in [4.69, 9.17) is 10.6 Å². The van der Waals surface area contributed by atoms with E-state index in [2.05, 4.69) is 6.92 Å². The molecule has 21 heavy (non-hydrogen) atoms. The summed E-state index contributed by atoms with van der Waals surface area (Å²) < 4.78 is 4.81. The van der Waals surface area contributed by atoms with Crippen molar-refractivity contribution in [3.63, 3.8) is 0 Å². The summed E-state index contributed by atoms with van der Waals surface area (Å²) in [6.45, 7) is 2.58. The van der Waals surface area contributed by atoms with Crippen molar-refractivity contribution in [2.24, 2.45) is 5.84 Å². The maximum atomic E-state index is 11.9. The molecule has 6 heteroatoms. The SMILES string of the molecule is CCCCCCCCCSCC(=O)N(N)C1CCOC1=O. The molecule has 5 nitrogen and oxygen atoms in total. The number of nitrogens with zero attached hydrogens (tertiary/aromatic N) is 1. The van der Waals surface area contributed by atoms with E-state index in [0.29, 0.717) is 18.8 Å². The lowest BCUT2D eigenvalue weighted by Crippen LogP contribution is -2.48. The summed E-state index contributed by atoms with van der Waals surface area (Å²) >= 11 is 1.59. The van der Waals surface area contributed by atoms with Crippen LogP contribution >= 0.6 is 11.8 Å². The first kappa shape index (κ1) is 18.3. The molecule has 1 amide bonds. The van der Waals surface area contributed by atoms with Crippen molar-refractivity contribution in [1.29, 1.82) is 0 Å². The number of nitrogens with two attached hydrogens (primary N) is 1. The van der Waals surface area contributed by atoms with Gasteiger partial charge >= 0.3 is 5.97 Å². The molecule has 0 bridgehead atoms. The number of amides is 1. The predicted molar refractivity (Wildman–Crippen MR) is 85.7 cm³/mol. The largest absolute Gasteiger partial charge is 0.464 e. The minimum absolute atomic E-state index is 0.188. The Morgan fingerprint density at radius 2 is 1.95 bits per heavy atom. The third-order valence-corrected chi connectivity index (χ3v) is 4.68. The minimum atomic E-state index is -0.586. The Labute approximate surface area is 131 Å². The fourth-order valence-corrected chi connectivity index (χ4v) is 3.18. The van der Waals surface area contributed by atoms with Crippen LogP contribution in [-0.4, -0.2) is 41.0 Å². The first-order chi connectivity index (χ1) is 10.2. The van der Waals surface area contributed by atoms with Crippen LogP contribution in [0.3, 0.4) is 0 Å². The van der Waals surface area contributed by atoms with E-state index in [-0.39, 0.29) is 11.9 Å². The zero-order chi connectivity index (χ0) is 15.5. The van der Waals surface area contributed by atoms with E-state index >= 15 is 0 Å². The monoisotopic (exact) mass is 316 g/mol. The molecule has 1 atom stereocenters. The number of cyclic esters (lactones) is 1. The molecule has 0 saturated carbocycles. The topological polar surface area (TPSA) is 72.6 Å². The standard InChI is InChI=1S/C15H28N2O3S/c1-2-3-4-5-6-7-8-11-21-12-14(18)17(16)13-9-10-20-15(13)19/h13H,2-12,16H2,1H3. The Hall–Kier alpha value is -0.750. The van der Waals surface area contributed by atoms with Crippen LogP contribution in [0, 0.1) is 0 Å². The van der Waals surface area contributed by atoms with Crippen LogP contribution in [0.4, 0.5) is 0 Å². The Morgan fingerprint density at radius 1 is 1.29 bits per heavy atom. The van der Waals surface area contributed by atoms with Gasteiger partial charge in [-0.05, 0) is 12.2 Å². The van der Waals surface area contributed by atoms with Crippen molar-refractivity contribution < 1.29 is 14.3 Å². The van der Waals surface area contributed by atoms with Crippen LogP contribution in [0.2, 0.25) is 0 Å². The highest BCUT2D eigenvalue weighted by molar-refractivity contribution is 7.99. The number of hydrogen-bond acceptors (Lipinski definition) is 5. The van der Waals surface area contributed by atoms with E-state index in [1.165, 1.54) is 38.5 Å². The minimum Gasteiger partial charge on any atom is -0.464 e. The van der Waals surface area contributed by atoms with E-state index in [0.717, 1.165) is 17.2 Å². The molecule has 1 aliphatic heterocycles. The summed E-state index contributed by atoms with van der Waals surface area (Å²) in [5.74, 6) is 6.44. The smallest absolute Gasteiger partial charge is 0.330 e. The van der Waals surface area contributed by atoms with E-state index in [9.17, 15) is 9.59 Å². The molecule has 1 unspecified atom stereocenters. The number of rotatable bonds is 11. The summed E-state index contributed by atoms with van der Waals surface area (Å²) in [5.41, 5.74) is 0. The summed E-state index contributed by atoms with van der Waals surface area (Å²) in [4.78, 5) is 23.2. The molecular formula is C15H28N2O3S. The molecule has 0 aromatic carbocycles. The number of unbranched alkanes of at least 4 members (excludes halogenated alkanes) is 6. The van der Waals surface area contributed by atoms with Crippen molar-refractivity contribution in [3.8, 4) is 0 Å². The Bertz CT molecular complexity index is 326. The van der Waals surface area contributed by atoms with Gasteiger partial charge in [-0.1, -0.05) is 45.4 Å². The number of carbonyl (C=O) groups excluding carboxylic acids is 2. The van der Waals surface area contributed by atoms with Gasteiger partial charge in [-0.25, -0.2) is 10.6 Å². The number of carbonyl (C=O) groups is 2. The second-order valence-corrected chi connectivity index (χ2v) is 6.55. The fraction of sp³-hybridized carbons (Fsp3) is 0.867. The van der Waals surface area contributed by atoms with Gasteiger partial charge in [0, 0.05) is 6.42 Å². The summed E-state index contributed by atoms with van der Waals surface area (Å²) in [7, 11) is 0. The second-order valence-electron chi connectivity index (χ2n) is 5.45. The van der Waals surface area contributed by atoms with Gasteiger partial charge in [0.15, 0.2) is 0 Å². The summed E-state index contributed by atoms with van der Waals surface area (Å²) in [6, 6.07) is -0.586. The van der Waals surface area contributed by atoms with E-state index in [1.54, 1.807) is 11.8 Å². The van der Waals surface area contributed by atoms with Crippen LogP contribution in [0.1, 0.15) is 58.3 Å². The molecule has 122 valence electrons. The zero-order valence-electron chi connectivity index (χ0n) is 13.0. The van der Waals surface area contributed by atoms with Crippen molar-refractivity contribution in [2.45, 2.75) is 64.3 Å². The highest BCUT2D eigenvalue weighted by atomic mass is 32.2. The highest BCUT2D eigenvalue weighted by Gasteiger charge is 2.33. The average molecular weight is 316 g/mol. The van der Waals surface area contributed by atoms with E-state index in [1.807, 2.05) is 0 Å². The van der Waals surface area contributed by atoms with Crippen LogP contribution in [0.15, 0.2) is 0 Å². The molecule has 1 rings (SSSR count). The molecule has 1 aliphatic rings. The lowest BCUT2D eigenvalue weighted by molar-refractivity contribution is -0.147. The first-order valence-corrected chi connectivity index (χ1v) is 9.13. The zero-order valence-corrected chi connectivity index (χ0v) is 13.8. The fourth-order valence-electron chi connectivity index (χ4n) is 2.31. The number of ether oxygens (including phenoxy) is 1. The summed E-state index contributed by atoms with van der Waals surface area (Å²) in [5, 5.41) is 1.05. The third kappa shape index (κ3) is 7.18. The van der Waals surface area contributed by atoms with Crippen molar-refractivity contribution in [2.75, 3.05) is 18.1 Å². The summed E-state index contributed by atoms with van der Waals surface area (Å²) in [6.07, 6.45) is 9.42. The van der Waals surface area contributed by atoms with Crippen LogP contribution in [0.5, 0.6) is 0 Å². The van der Waals surface area contributed by atoms with Gasteiger partial charge in [-0.2, -0.15) is 11.8 Å². The van der Waals surface area contributed by atoms with Gasteiger partial charge < -0.3 is 4.74 Å². The lowest BCUT2D eigenvalue weighted by Gasteiger charge is -2.20. The van der Waals surface area contributed by atoms with Gasteiger partial charge in [-0.3, -0.25) is 9.80 Å². The normalized spacial score (nSPS) is 17.8. The van der Waals surface area contributed by atoms with Gasteiger partial charge in [-0.15, -0.1) is 0 Å². The number of esters is 1. The molecule has 0 aromatic heterocycles. The van der Waals surface area contributed by atoms with Crippen LogP contribution in [-0.2, 0) is 14.3 Å². The molecule has 1 fully saturated rings. The average Bonchev–Trinajstić information content (AvgIpc) is 2.90. The van der Waals surface area contributed by atoms with Crippen LogP contribution < -0.4 is 5.84 Å².